The van der Waals surface area contributed by atoms with Crippen LogP contribution in [0.2, 0.25) is 10.3 Å². The lowest BCUT2D eigenvalue weighted by Gasteiger charge is -2.36. The van der Waals surface area contributed by atoms with Crippen molar-refractivity contribution in [3.8, 4) is 0 Å². The van der Waals surface area contributed by atoms with Crippen molar-refractivity contribution in [2.45, 2.75) is 17.4 Å². The first-order chi connectivity index (χ1) is 19.1. The summed E-state index contributed by atoms with van der Waals surface area (Å²) in [5, 5.41) is 20.9. The fourth-order valence-electron chi connectivity index (χ4n) is 3.89. The topological polar surface area (TPSA) is 166 Å². The number of aromatic nitrogens is 4. The maximum atomic E-state index is 11.4. The predicted molar refractivity (Wildman–Crippen MR) is 158 cm³/mol. The zero-order valence-corrected chi connectivity index (χ0v) is 25.7. The summed E-state index contributed by atoms with van der Waals surface area (Å²) >= 11 is 11.8. The highest BCUT2D eigenvalue weighted by atomic mass is 35.5. The van der Waals surface area contributed by atoms with Crippen molar-refractivity contribution in [2.75, 3.05) is 99.7 Å². The molecule has 4 aliphatic heterocycles. The Balaban J connectivity index is 0.000000189. The third kappa shape index (κ3) is 10.1. The molecule has 18 heteroatoms. The fourth-order valence-corrected chi connectivity index (χ4v) is 4.81. The highest BCUT2D eigenvalue weighted by molar-refractivity contribution is 7.90. The lowest BCUT2D eigenvalue weighted by atomic mass is 10.2. The Morgan fingerprint density at radius 2 is 1.27 bits per heavy atom. The number of hydrogen-bond donors (Lipinski definition) is 3. The molecule has 6 rings (SSSR count). The van der Waals surface area contributed by atoms with Crippen LogP contribution in [-0.2, 0) is 19.3 Å². The Hall–Kier alpha value is -1.82. The van der Waals surface area contributed by atoms with Gasteiger partial charge in [-0.1, -0.05) is 23.2 Å². The Morgan fingerprint density at radius 1 is 0.805 bits per heavy atom. The number of nitrogens with zero attached hydrogens (tertiary/aromatic N) is 7. The number of β-amino-alcohol motifs (C(OH)–C–C–N with tert-alkyl or cyclic N) is 2. The summed E-state index contributed by atoms with van der Waals surface area (Å²) in [7, 11) is -3.45. The molecule has 0 atom stereocenters. The first kappa shape index (κ1) is 33.7. The Bertz CT molecular complexity index is 1230. The molecule has 0 amide bonds. The number of nitrogens with one attached hydrogen (secondary N) is 1. The number of aliphatic hydroxyl groups is 2. The van der Waals surface area contributed by atoms with Crippen LogP contribution in [0.4, 0.5) is 17.6 Å². The molecule has 6 heterocycles. The van der Waals surface area contributed by atoms with Crippen LogP contribution in [-0.4, -0.2) is 136 Å². The monoisotopic (exact) mass is 656 g/mol. The van der Waals surface area contributed by atoms with Gasteiger partial charge >= 0.3 is 0 Å². The smallest absolute Gasteiger partial charge is 0.250 e. The van der Waals surface area contributed by atoms with E-state index in [1.807, 2.05) is 9.80 Å². The summed E-state index contributed by atoms with van der Waals surface area (Å²) in [5.74, 6) is 1.94. The van der Waals surface area contributed by atoms with E-state index in [1.165, 1.54) is 0 Å². The highest BCUT2D eigenvalue weighted by Gasteiger charge is 2.28. The van der Waals surface area contributed by atoms with Gasteiger partial charge in [0.2, 0.25) is 20.9 Å². The first-order valence-electron chi connectivity index (χ1n) is 12.8. The molecule has 230 valence electrons. The summed E-state index contributed by atoms with van der Waals surface area (Å²) in [6, 6.07) is 3.33. The van der Waals surface area contributed by atoms with E-state index in [9.17, 15) is 13.5 Å². The standard InChI is InChI=1S/C11H15ClN4O2.C9H12ClN3O3S.C3H7NO.ClH/c12-9-5-10(15-1-3-18-4-2-15)14-11(13-9)16-6-8(17)7-16;1-17(14,15)9-11-7(10)6-8(12-9)13-2-4-16-5-3-13;5-3-1-4-2-3;/h5,8,17H,1-4,6-7H2;6H,2-5H2,1H3;3-5H,1-2H2;1H. The van der Waals surface area contributed by atoms with E-state index in [0.29, 0.717) is 69.5 Å². The van der Waals surface area contributed by atoms with Crippen molar-refractivity contribution in [3.05, 3.63) is 22.4 Å². The van der Waals surface area contributed by atoms with Crippen LogP contribution in [0, 0.1) is 0 Å². The van der Waals surface area contributed by atoms with Crippen LogP contribution in [0.1, 0.15) is 0 Å². The maximum Gasteiger partial charge on any atom is 0.250 e. The minimum absolute atomic E-state index is 0. The first-order valence-corrected chi connectivity index (χ1v) is 15.5. The third-order valence-corrected chi connectivity index (χ3v) is 7.47. The second kappa shape index (κ2) is 15.6. The second-order valence-electron chi connectivity index (χ2n) is 9.52. The van der Waals surface area contributed by atoms with Gasteiger partial charge in [0, 0.05) is 70.7 Å². The summed E-state index contributed by atoms with van der Waals surface area (Å²) in [6.45, 7) is 8.29. The molecular weight excluding hydrogens is 623 g/mol. The van der Waals surface area contributed by atoms with E-state index in [0.717, 1.165) is 38.3 Å². The van der Waals surface area contributed by atoms with Crippen LogP contribution in [0.5, 0.6) is 0 Å². The molecule has 0 saturated carbocycles. The number of ether oxygens (including phenoxy) is 2. The normalized spacial score (nSPS) is 19.5. The van der Waals surface area contributed by atoms with Gasteiger partial charge in [-0.25, -0.2) is 23.4 Å². The highest BCUT2D eigenvalue weighted by Crippen LogP contribution is 2.24. The molecule has 0 bridgehead atoms. The van der Waals surface area contributed by atoms with E-state index in [2.05, 4.69) is 30.2 Å². The number of halogens is 3. The Labute approximate surface area is 255 Å². The van der Waals surface area contributed by atoms with Crippen LogP contribution in [0.3, 0.4) is 0 Å². The van der Waals surface area contributed by atoms with Gasteiger partial charge < -0.3 is 39.7 Å². The van der Waals surface area contributed by atoms with Crippen molar-refractivity contribution in [1.29, 1.82) is 0 Å². The summed E-state index contributed by atoms with van der Waals surface area (Å²) in [4.78, 5) is 22.4. The molecule has 0 unspecified atom stereocenters. The Kier molecular flexibility index (Phi) is 12.8. The van der Waals surface area contributed by atoms with Crippen molar-refractivity contribution in [2.24, 2.45) is 0 Å². The molecule has 0 spiro atoms. The summed E-state index contributed by atoms with van der Waals surface area (Å²) in [5.41, 5.74) is 0. The van der Waals surface area contributed by atoms with Crippen LogP contribution in [0.15, 0.2) is 17.3 Å². The quantitative estimate of drug-likeness (QED) is 0.294. The van der Waals surface area contributed by atoms with E-state index in [4.69, 9.17) is 37.8 Å². The molecule has 0 radical (unpaired) electrons. The van der Waals surface area contributed by atoms with Crippen molar-refractivity contribution >= 4 is 63.0 Å². The van der Waals surface area contributed by atoms with Gasteiger partial charge in [0.15, 0.2) is 0 Å². The molecule has 0 aromatic carbocycles. The van der Waals surface area contributed by atoms with Crippen LogP contribution >= 0.6 is 35.6 Å². The lowest BCUT2D eigenvalue weighted by Crippen LogP contribution is -2.51. The average Bonchev–Trinajstić information content (AvgIpc) is 2.91. The lowest BCUT2D eigenvalue weighted by molar-refractivity contribution is 0.117. The minimum atomic E-state index is -3.45. The van der Waals surface area contributed by atoms with Gasteiger partial charge in [0.1, 0.15) is 21.9 Å². The van der Waals surface area contributed by atoms with E-state index >= 15 is 0 Å². The van der Waals surface area contributed by atoms with E-state index < -0.39 is 9.84 Å². The molecular formula is C23H35Cl3N8O6S. The number of morpholine rings is 2. The van der Waals surface area contributed by atoms with Gasteiger partial charge in [0.25, 0.3) is 0 Å². The number of sulfone groups is 1. The van der Waals surface area contributed by atoms with E-state index in [1.54, 1.807) is 12.1 Å². The summed E-state index contributed by atoms with van der Waals surface area (Å²) in [6.07, 6.45) is 0.733. The zero-order chi connectivity index (χ0) is 28.7. The second-order valence-corrected chi connectivity index (χ2v) is 12.2. The van der Waals surface area contributed by atoms with Crippen molar-refractivity contribution < 1.29 is 28.1 Å². The van der Waals surface area contributed by atoms with Gasteiger partial charge in [-0.15, -0.1) is 12.4 Å². The predicted octanol–water partition coefficient (Wildman–Crippen LogP) is -0.110. The molecule has 2 aromatic rings. The molecule has 3 N–H and O–H groups in total. The molecule has 4 fully saturated rings. The fraction of sp³-hybridized carbons (Fsp3) is 0.652. The number of rotatable bonds is 4. The molecule has 4 saturated heterocycles. The van der Waals surface area contributed by atoms with Gasteiger partial charge in [-0.2, -0.15) is 4.98 Å². The van der Waals surface area contributed by atoms with Gasteiger partial charge in [0.05, 0.1) is 38.6 Å². The van der Waals surface area contributed by atoms with Crippen molar-refractivity contribution in [3.63, 3.8) is 0 Å². The Morgan fingerprint density at radius 3 is 1.68 bits per heavy atom. The van der Waals surface area contributed by atoms with Gasteiger partial charge in [-0.3, -0.25) is 0 Å². The van der Waals surface area contributed by atoms with E-state index in [-0.39, 0.29) is 34.9 Å². The van der Waals surface area contributed by atoms with Gasteiger partial charge in [-0.05, 0) is 0 Å². The van der Waals surface area contributed by atoms with Crippen molar-refractivity contribution in [1.82, 2.24) is 25.3 Å². The maximum absolute atomic E-state index is 11.4. The van der Waals surface area contributed by atoms with Crippen LogP contribution in [0.25, 0.3) is 0 Å². The zero-order valence-electron chi connectivity index (χ0n) is 22.5. The SMILES string of the molecule is CS(=O)(=O)c1nc(Cl)cc(N2CCOCC2)n1.Cl.OC1CN(c2nc(Cl)cc(N3CCOCC3)n2)C1.OC1CNC1. The number of aliphatic hydroxyl groups excluding tert-OH is 2. The third-order valence-electron chi connectivity index (χ3n) is 6.24. The molecule has 14 nitrogen and oxygen atoms in total. The molecule has 41 heavy (non-hydrogen) atoms. The molecule has 0 aliphatic carbocycles. The number of hydrogen-bond acceptors (Lipinski definition) is 14. The average molecular weight is 658 g/mol. The molecule has 4 aliphatic rings. The summed E-state index contributed by atoms with van der Waals surface area (Å²) < 4.78 is 33.3. The molecule has 2 aromatic heterocycles. The largest absolute Gasteiger partial charge is 0.390 e. The number of anilines is 3. The minimum Gasteiger partial charge on any atom is -0.390 e. The van der Waals surface area contributed by atoms with Crippen LogP contribution < -0.4 is 20.0 Å².